The molecule has 0 fully saturated rings. The second-order valence-electron chi connectivity index (χ2n) is 2.76. The molecule has 0 saturated carbocycles. The molecule has 1 aliphatic carbocycles. The Labute approximate surface area is 80.5 Å². The second-order valence-corrected chi connectivity index (χ2v) is 3.03. The van der Waals surface area contributed by atoms with E-state index in [4.69, 9.17) is 11.6 Å². The zero-order valence-corrected chi connectivity index (χ0v) is 7.53. The average Bonchev–Trinajstić information content (AvgIpc) is 2.18. The van der Waals surface area contributed by atoms with Crippen molar-refractivity contribution in [1.29, 1.82) is 0 Å². The monoisotopic (exact) mass is 194 g/mol. The third-order valence-electron chi connectivity index (χ3n) is 1.88. The molecule has 1 amide bonds. The molecule has 4 heteroatoms. The number of nitrogens with zero attached hydrogens (tertiary/aromatic N) is 2. The molecule has 2 rings (SSSR count). The van der Waals surface area contributed by atoms with E-state index in [1.807, 2.05) is 18.2 Å². The van der Waals surface area contributed by atoms with Gasteiger partial charge in [-0.25, -0.2) is 4.99 Å². The Kier molecular flexibility index (Phi) is 2.10. The summed E-state index contributed by atoms with van der Waals surface area (Å²) in [5.41, 5.74) is 0.734. The third kappa shape index (κ3) is 1.47. The Morgan fingerprint density at radius 1 is 1.38 bits per heavy atom. The number of halogens is 1. The van der Waals surface area contributed by atoms with Crippen LogP contribution in [0.25, 0.3) is 0 Å². The maximum atomic E-state index is 11.4. The molecule has 0 N–H and O–H groups in total. The molecule has 0 spiro atoms. The quantitative estimate of drug-likeness (QED) is 0.581. The van der Waals surface area contributed by atoms with Crippen LogP contribution in [-0.4, -0.2) is 23.3 Å². The summed E-state index contributed by atoms with van der Waals surface area (Å²) in [6, 6.07) is 0. The summed E-state index contributed by atoms with van der Waals surface area (Å²) in [4.78, 5) is 19.3. The highest BCUT2D eigenvalue weighted by molar-refractivity contribution is 6.32. The number of amidine groups is 1. The van der Waals surface area contributed by atoms with Crippen LogP contribution in [0, 0.1) is 5.92 Å². The predicted octanol–water partition coefficient (Wildman–Crippen LogP) is 1.35. The summed E-state index contributed by atoms with van der Waals surface area (Å²) >= 11 is 5.54. The van der Waals surface area contributed by atoms with Crippen molar-refractivity contribution < 1.29 is 4.79 Å². The van der Waals surface area contributed by atoms with Crippen LogP contribution >= 0.6 is 11.6 Å². The molecule has 0 aromatic carbocycles. The van der Waals surface area contributed by atoms with E-state index >= 15 is 0 Å². The van der Waals surface area contributed by atoms with Crippen LogP contribution in [-0.2, 0) is 4.79 Å². The summed E-state index contributed by atoms with van der Waals surface area (Å²) in [7, 11) is 0. The van der Waals surface area contributed by atoms with Gasteiger partial charge in [0.15, 0.2) is 0 Å². The van der Waals surface area contributed by atoms with E-state index in [9.17, 15) is 4.79 Å². The van der Waals surface area contributed by atoms with Crippen LogP contribution in [0.4, 0.5) is 0 Å². The summed E-state index contributed by atoms with van der Waals surface area (Å²) in [6.45, 7) is 0. The lowest BCUT2D eigenvalue weighted by molar-refractivity contribution is -0.118. The minimum atomic E-state index is -0.294. The first kappa shape index (κ1) is 8.38. The first-order valence-corrected chi connectivity index (χ1v) is 4.45. The minimum Gasteiger partial charge on any atom is -0.271 e. The topological polar surface area (TPSA) is 41.8 Å². The Morgan fingerprint density at radius 3 is 3.00 bits per heavy atom. The lowest BCUT2D eigenvalue weighted by atomic mass is 9.97. The fourth-order valence-corrected chi connectivity index (χ4v) is 1.40. The van der Waals surface area contributed by atoms with Gasteiger partial charge in [0, 0.05) is 0 Å². The summed E-state index contributed by atoms with van der Waals surface area (Å²) in [6.07, 6.45) is 7.27. The molecule has 1 unspecified atom stereocenters. The van der Waals surface area contributed by atoms with Crippen molar-refractivity contribution in [2.45, 2.75) is 0 Å². The fraction of sp³-hybridized carbons (Fsp3) is 0.222. The second kappa shape index (κ2) is 3.26. The smallest absolute Gasteiger partial charge is 0.260 e. The van der Waals surface area contributed by atoms with Gasteiger partial charge in [-0.1, -0.05) is 18.2 Å². The molecule has 0 radical (unpaired) electrons. The van der Waals surface area contributed by atoms with Crippen LogP contribution in [0.1, 0.15) is 0 Å². The third-order valence-corrected chi connectivity index (χ3v) is 2.12. The molecule has 13 heavy (non-hydrogen) atoms. The molecule has 1 heterocycles. The largest absolute Gasteiger partial charge is 0.271 e. The van der Waals surface area contributed by atoms with Gasteiger partial charge in [0.1, 0.15) is 11.8 Å². The van der Waals surface area contributed by atoms with E-state index < -0.39 is 0 Å². The molecular weight excluding hydrogens is 188 g/mol. The molecule has 0 bridgehead atoms. The van der Waals surface area contributed by atoms with Crippen molar-refractivity contribution in [1.82, 2.24) is 0 Å². The van der Waals surface area contributed by atoms with Gasteiger partial charge in [-0.3, -0.25) is 4.79 Å². The highest BCUT2D eigenvalue weighted by Gasteiger charge is 2.25. The zero-order valence-electron chi connectivity index (χ0n) is 6.77. The van der Waals surface area contributed by atoms with Crippen LogP contribution < -0.4 is 0 Å². The van der Waals surface area contributed by atoms with E-state index in [2.05, 4.69) is 9.98 Å². The number of hydrogen-bond donors (Lipinski definition) is 0. The summed E-state index contributed by atoms with van der Waals surface area (Å²) < 4.78 is 0. The number of carbonyl (C=O) groups excluding carboxylic acids is 1. The minimum absolute atomic E-state index is 0.179. The van der Waals surface area contributed by atoms with E-state index in [1.165, 1.54) is 0 Å². The van der Waals surface area contributed by atoms with Crippen molar-refractivity contribution in [2.75, 3.05) is 5.88 Å². The summed E-state index contributed by atoms with van der Waals surface area (Å²) in [5.74, 6) is 0.107. The number of allylic oxidation sites excluding steroid dienone is 3. The van der Waals surface area contributed by atoms with Crippen LogP contribution in [0.2, 0.25) is 0 Å². The fourth-order valence-electron chi connectivity index (χ4n) is 1.28. The standard InChI is InChI=1S/C9H7ClN2O/c10-5-8-11-7-4-2-1-3-6(7)9(13)12-8/h1-4,6H,5H2. The van der Waals surface area contributed by atoms with Crippen LogP contribution in [0.5, 0.6) is 0 Å². The van der Waals surface area contributed by atoms with Crippen molar-refractivity contribution in [2.24, 2.45) is 15.9 Å². The SMILES string of the molecule is O=C1N=C(CCl)N=C2C=CC=CC12. The van der Waals surface area contributed by atoms with Gasteiger partial charge in [-0.15, -0.1) is 11.6 Å². The summed E-state index contributed by atoms with van der Waals surface area (Å²) in [5, 5.41) is 0. The molecule has 0 aromatic heterocycles. The lowest BCUT2D eigenvalue weighted by Gasteiger charge is -2.16. The average molecular weight is 195 g/mol. The number of aliphatic imine (C=N–C) groups is 2. The van der Waals surface area contributed by atoms with Gasteiger partial charge in [-0.05, 0) is 6.08 Å². The number of fused-ring (bicyclic) bond motifs is 1. The van der Waals surface area contributed by atoms with Gasteiger partial charge < -0.3 is 0 Å². The van der Waals surface area contributed by atoms with Gasteiger partial charge in [0.05, 0.1) is 11.6 Å². The van der Waals surface area contributed by atoms with Gasteiger partial charge in [0.2, 0.25) is 0 Å². The number of carbonyl (C=O) groups is 1. The Hall–Kier alpha value is -1.22. The van der Waals surface area contributed by atoms with E-state index in [0.717, 1.165) is 5.71 Å². The first-order valence-electron chi connectivity index (χ1n) is 3.92. The van der Waals surface area contributed by atoms with Gasteiger partial charge in [-0.2, -0.15) is 4.99 Å². The molecule has 1 atom stereocenters. The number of amides is 1. The number of rotatable bonds is 1. The highest BCUT2D eigenvalue weighted by Crippen LogP contribution is 2.16. The maximum Gasteiger partial charge on any atom is 0.260 e. The van der Waals surface area contributed by atoms with Crippen LogP contribution in [0.3, 0.4) is 0 Å². The van der Waals surface area contributed by atoms with Crippen LogP contribution in [0.15, 0.2) is 34.3 Å². The zero-order chi connectivity index (χ0) is 9.26. The molecule has 0 saturated heterocycles. The first-order chi connectivity index (χ1) is 6.31. The number of hydrogen-bond acceptors (Lipinski definition) is 2. The Balaban J connectivity index is 2.39. The maximum absolute atomic E-state index is 11.4. The van der Waals surface area contributed by atoms with Gasteiger partial charge in [0.25, 0.3) is 5.91 Å². The highest BCUT2D eigenvalue weighted by atomic mass is 35.5. The normalized spacial score (nSPS) is 25.3. The lowest BCUT2D eigenvalue weighted by Crippen LogP contribution is -2.27. The van der Waals surface area contributed by atoms with Crippen molar-refractivity contribution in [3.63, 3.8) is 0 Å². The van der Waals surface area contributed by atoms with Gasteiger partial charge >= 0.3 is 0 Å². The number of alkyl halides is 1. The molecular formula is C9H7ClN2O. The van der Waals surface area contributed by atoms with E-state index in [1.54, 1.807) is 6.08 Å². The Morgan fingerprint density at radius 2 is 2.23 bits per heavy atom. The molecule has 3 nitrogen and oxygen atoms in total. The predicted molar refractivity (Wildman–Crippen MR) is 52.4 cm³/mol. The Bertz CT molecular complexity index is 366. The van der Waals surface area contributed by atoms with E-state index in [-0.39, 0.29) is 17.7 Å². The molecule has 66 valence electrons. The van der Waals surface area contributed by atoms with Crippen molar-refractivity contribution in [3.05, 3.63) is 24.3 Å². The molecule has 1 aliphatic heterocycles. The van der Waals surface area contributed by atoms with Crippen molar-refractivity contribution >= 4 is 29.1 Å². The van der Waals surface area contributed by atoms with Crippen molar-refractivity contribution in [3.8, 4) is 0 Å². The molecule has 0 aromatic rings. The van der Waals surface area contributed by atoms with E-state index in [0.29, 0.717) is 5.84 Å². The molecule has 2 aliphatic rings.